The Labute approximate surface area is 187 Å². The van der Waals surface area contributed by atoms with E-state index >= 15 is 0 Å². The first-order valence-electron chi connectivity index (χ1n) is 9.40. The summed E-state index contributed by atoms with van der Waals surface area (Å²) in [5, 5.41) is 9.40. The van der Waals surface area contributed by atoms with E-state index in [0.29, 0.717) is 10.9 Å². The van der Waals surface area contributed by atoms with Gasteiger partial charge in [-0.25, -0.2) is 4.98 Å². The molecule has 0 saturated heterocycles. The van der Waals surface area contributed by atoms with Gasteiger partial charge in [0.25, 0.3) is 0 Å². The largest absolute Gasteiger partial charge is 0.462 e. The molecule has 0 radical (unpaired) electrons. The number of ether oxygens (including phenoxy) is 1. The van der Waals surface area contributed by atoms with Crippen LogP contribution in [0.4, 0.5) is 0 Å². The summed E-state index contributed by atoms with van der Waals surface area (Å²) in [4.78, 5) is 16.6. The quantitative estimate of drug-likeness (QED) is 0.266. The molecular weight excluding hydrogens is 436 g/mol. The zero-order valence-electron chi connectivity index (χ0n) is 16.5. The number of hydrogen-bond donors (Lipinski definition) is 0. The monoisotopic (exact) mass is 456 g/mol. The molecule has 9 heteroatoms. The minimum Gasteiger partial charge on any atom is -0.462 e. The Morgan fingerprint density at radius 3 is 2.60 bits per heavy atom. The van der Waals surface area contributed by atoms with Crippen molar-refractivity contribution in [1.82, 2.24) is 19.7 Å². The summed E-state index contributed by atoms with van der Waals surface area (Å²) in [5.41, 5.74) is 1.97. The highest BCUT2D eigenvalue weighted by atomic mass is 32.2. The van der Waals surface area contributed by atoms with Gasteiger partial charge >= 0.3 is 5.97 Å². The average molecular weight is 457 g/mol. The molecule has 4 rings (SSSR count). The highest BCUT2D eigenvalue weighted by Crippen LogP contribution is 2.32. The van der Waals surface area contributed by atoms with E-state index in [0.717, 1.165) is 21.4 Å². The van der Waals surface area contributed by atoms with Gasteiger partial charge in [-0.1, -0.05) is 53.9 Å². The van der Waals surface area contributed by atoms with Crippen LogP contribution >= 0.6 is 34.9 Å². The summed E-state index contributed by atoms with van der Waals surface area (Å²) in [6.45, 7) is 3.68. The third-order valence-corrected chi connectivity index (χ3v) is 7.08. The number of esters is 1. The van der Waals surface area contributed by atoms with Crippen molar-refractivity contribution in [2.24, 2.45) is 0 Å². The number of carbonyl (C=O) groups is 1. The SMILES string of the molecule is CC(C)OC(=O)CSc1nnc(CSc2nc3ccccc3s2)n1-c1ccccc1. The lowest BCUT2D eigenvalue weighted by Crippen LogP contribution is -2.13. The Morgan fingerprint density at radius 2 is 1.83 bits per heavy atom. The lowest BCUT2D eigenvalue weighted by Gasteiger charge is -2.10. The molecule has 0 amide bonds. The van der Waals surface area contributed by atoms with Crippen molar-refractivity contribution in [1.29, 1.82) is 0 Å². The topological polar surface area (TPSA) is 69.9 Å². The number of nitrogens with zero attached hydrogens (tertiary/aromatic N) is 4. The number of thiazole rings is 1. The zero-order chi connectivity index (χ0) is 20.9. The number of benzene rings is 2. The highest BCUT2D eigenvalue weighted by molar-refractivity contribution is 8.00. The molecule has 2 aromatic carbocycles. The summed E-state index contributed by atoms with van der Waals surface area (Å²) < 4.78 is 9.39. The molecule has 2 heterocycles. The van der Waals surface area contributed by atoms with Crippen LogP contribution in [0.3, 0.4) is 0 Å². The molecule has 0 spiro atoms. The molecule has 0 aliphatic heterocycles. The lowest BCUT2D eigenvalue weighted by molar-refractivity contribution is -0.144. The molecule has 0 saturated carbocycles. The van der Waals surface area contributed by atoms with Crippen LogP contribution in [0.15, 0.2) is 64.1 Å². The fourth-order valence-corrected chi connectivity index (χ4v) is 5.52. The van der Waals surface area contributed by atoms with E-state index < -0.39 is 0 Å². The molecule has 154 valence electrons. The van der Waals surface area contributed by atoms with E-state index in [4.69, 9.17) is 4.74 Å². The summed E-state index contributed by atoms with van der Waals surface area (Å²) in [7, 11) is 0. The van der Waals surface area contributed by atoms with Gasteiger partial charge in [-0.15, -0.1) is 21.5 Å². The van der Waals surface area contributed by atoms with Crippen molar-refractivity contribution in [3.8, 4) is 5.69 Å². The molecule has 0 N–H and O–H groups in total. The van der Waals surface area contributed by atoms with Crippen LogP contribution < -0.4 is 0 Å². The summed E-state index contributed by atoms with van der Waals surface area (Å²) >= 11 is 4.64. The normalized spacial score (nSPS) is 11.3. The second-order valence-electron chi connectivity index (χ2n) is 6.63. The van der Waals surface area contributed by atoms with E-state index in [1.807, 2.05) is 66.9 Å². The van der Waals surface area contributed by atoms with E-state index in [2.05, 4.69) is 21.2 Å². The first-order valence-corrected chi connectivity index (χ1v) is 12.2. The predicted molar refractivity (Wildman–Crippen MR) is 122 cm³/mol. The second-order valence-corrected chi connectivity index (χ2v) is 9.83. The van der Waals surface area contributed by atoms with Crippen molar-refractivity contribution in [2.75, 3.05) is 5.75 Å². The van der Waals surface area contributed by atoms with Crippen molar-refractivity contribution < 1.29 is 9.53 Å². The van der Waals surface area contributed by atoms with Crippen molar-refractivity contribution >= 4 is 51.0 Å². The maximum atomic E-state index is 12.0. The van der Waals surface area contributed by atoms with Crippen LogP contribution in [-0.2, 0) is 15.3 Å². The molecule has 4 aromatic rings. The number of fused-ring (bicyclic) bond motifs is 1. The lowest BCUT2D eigenvalue weighted by atomic mass is 10.3. The fourth-order valence-electron chi connectivity index (χ4n) is 2.78. The number of hydrogen-bond acceptors (Lipinski definition) is 8. The number of carbonyl (C=O) groups excluding carboxylic acids is 1. The number of rotatable bonds is 8. The molecule has 0 fully saturated rings. The summed E-state index contributed by atoms with van der Waals surface area (Å²) in [6.07, 6.45) is -0.133. The molecule has 2 aromatic heterocycles. The van der Waals surface area contributed by atoms with Crippen molar-refractivity contribution in [2.45, 2.75) is 35.2 Å². The molecule has 0 unspecified atom stereocenters. The number of para-hydroxylation sites is 2. The number of thioether (sulfide) groups is 2. The van der Waals surface area contributed by atoms with Crippen molar-refractivity contribution in [3.05, 3.63) is 60.4 Å². The van der Waals surface area contributed by atoms with Gasteiger partial charge in [-0.3, -0.25) is 9.36 Å². The van der Waals surface area contributed by atoms with E-state index in [1.165, 1.54) is 16.5 Å². The zero-order valence-corrected chi connectivity index (χ0v) is 19.0. The van der Waals surface area contributed by atoms with Crippen LogP contribution in [-0.4, -0.2) is 37.6 Å². The van der Waals surface area contributed by atoms with Crippen LogP contribution in [0.5, 0.6) is 0 Å². The van der Waals surface area contributed by atoms with E-state index in [9.17, 15) is 4.79 Å². The Morgan fingerprint density at radius 1 is 1.07 bits per heavy atom. The second kappa shape index (κ2) is 9.63. The van der Waals surface area contributed by atoms with Crippen LogP contribution in [0.2, 0.25) is 0 Å². The first-order chi connectivity index (χ1) is 14.6. The summed E-state index contributed by atoms with van der Waals surface area (Å²) in [6, 6.07) is 18.0. The maximum absolute atomic E-state index is 12.0. The van der Waals surface area contributed by atoms with Gasteiger partial charge in [0.05, 0.1) is 27.8 Å². The van der Waals surface area contributed by atoms with Gasteiger partial charge in [0.1, 0.15) is 5.82 Å². The molecule has 0 aliphatic rings. The van der Waals surface area contributed by atoms with Gasteiger partial charge in [0, 0.05) is 5.69 Å². The molecule has 0 atom stereocenters. The first kappa shape index (κ1) is 20.9. The third-order valence-electron chi connectivity index (χ3n) is 4.00. The van der Waals surface area contributed by atoms with Crippen LogP contribution in [0.1, 0.15) is 19.7 Å². The van der Waals surface area contributed by atoms with Crippen LogP contribution in [0.25, 0.3) is 15.9 Å². The van der Waals surface area contributed by atoms with Gasteiger partial charge in [-0.2, -0.15) is 0 Å². The maximum Gasteiger partial charge on any atom is 0.316 e. The standard InChI is InChI=1S/C21H20N4O2S3/c1-14(2)27-19(26)13-28-20-24-23-18(25(20)15-8-4-3-5-9-15)12-29-21-22-16-10-6-7-11-17(16)30-21/h3-11,14H,12-13H2,1-2H3. The molecule has 6 nitrogen and oxygen atoms in total. The van der Waals surface area contributed by atoms with Crippen molar-refractivity contribution in [3.63, 3.8) is 0 Å². The van der Waals surface area contributed by atoms with E-state index in [1.54, 1.807) is 23.1 Å². The Hall–Kier alpha value is -2.36. The Balaban J connectivity index is 1.54. The molecule has 0 bridgehead atoms. The minimum atomic E-state index is -0.261. The Bertz CT molecular complexity index is 1110. The van der Waals surface area contributed by atoms with Gasteiger partial charge in [0.2, 0.25) is 0 Å². The van der Waals surface area contributed by atoms with Gasteiger partial charge < -0.3 is 4.74 Å². The molecular formula is C21H20N4O2S3. The highest BCUT2D eigenvalue weighted by Gasteiger charge is 2.17. The average Bonchev–Trinajstić information content (AvgIpc) is 3.34. The van der Waals surface area contributed by atoms with Crippen LogP contribution in [0, 0.1) is 0 Å². The van der Waals surface area contributed by atoms with Gasteiger partial charge in [-0.05, 0) is 38.1 Å². The van der Waals surface area contributed by atoms with E-state index in [-0.39, 0.29) is 17.8 Å². The predicted octanol–water partition coefficient (Wildman–Crippen LogP) is 5.21. The summed E-state index contributed by atoms with van der Waals surface area (Å²) in [5.74, 6) is 1.36. The fraction of sp³-hybridized carbons (Fsp3) is 0.238. The Kier molecular flexibility index (Phi) is 6.71. The minimum absolute atomic E-state index is 0.133. The molecule has 0 aliphatic carbocycles. The third kappa shape index (κ3) is 5.03. The molecule has 30 heavy (non-hydrogen) atoms. The number of aromatic nitrogens is 4. The van der Waals surface area contributed by atoms with Gasteiger partial charge in [0.15, 0.2) is 9.50 Å². The smallest absolute Gasteiger partial charge is 0.316 e.